The standard InChI is InChI=1S/3Al.4AsH3O4.3Ce.4H2O4S.4H2O.3Sr/c;;;4*2-1(3,4)5;;;;4*1-5(2,3)4;;;;;;;/h;;;4*(H3,2,3,4,5);;;;4*(H2,1,2,3,4);4*1H2;;;/q3*+3;;;;;3*+3;;;;;;;;;3*+2/p-24. The molecule has 0 aromatic heterocycles. The first-order valence-electron chi connectivity index (χ1n) is 5.59. The molecule has 36 nitrogen and oxygen atoms in total. The van der Waals surface area contributed by atoms with Gasteiger partial charge in [0, 0.05) is 41.6 Å². The molecular weight excluding hydrogens is 1770 g/mol. The van der Waals surface area contributed by atoms with E-state index in [1.165, 1.54) is 0 Å². The first kappa shape index (κ1) is 137. The summed E-state index contributed by atoms with van der Waals surface area (Å²) < 4.78 is 274. The normalized spacial score (nSPS) is 8.83. The third-order valence-electron chi connectivity index (χ3n) is 0. The van der Waals surface area contributed by atoms with E-state index in [2.05, 4.69) is 0 Å². The maximum Gasteiger partial charge on any atom is 3.00 e. The van der Waals surface area contributed by atoms with Gasteiger partial charge in [0.1, 0.15) is 0 Å². The fraction of sp³-hybridized carbons (Fsp3) is 0. The molecule has 0 aromatic carbocycles. The molecule has 291 valence electrons. The predicted molar refractivity (Wildman–Crippen MR) is 110 cm³/mol. The fourth-order valence-electron chi connectivity index (χ4n) is 0. The Hall–Kier alpha value is 10.4. The van der Waals surface area contributed by atoms with Crippen LogP contribution in [0.25, 0.3) is 0 Å². The molecule has 53 heavy (non-hydrogen) atoms. The van der Waals surface area contributed by atoms with E-state index in [0.29, 0.717) is 0 Å². The van der Waals surface area contributed by atoms with Crippen molar-refractivity contribution in [3.8, 4) is 0 Å². The minimum atomic E-state index is -5.88. The molecular formula is H4Al3As4Ce3O36S4Sr3. The van der Waals surface area contributed by atoms with Crippen molar-refractivity contribution in [3.05, 3.63) is 0 Å². The SMILES string of the molecule is O=S(=O)([O-])[O-].O=S(=O)([O-])[O-].O=S(=O)([O-])[O-].O=S(=O)([O-])[O-].O=[As]([O-])([O-])[O-].O=[As]([O-])([O-])[O-].O=[As]([O-])([O-])[O-].O=[As]([O-])([O-])[O-].[Al+3].[Al+3].[Al+3].[Ce+3].[Ce+3].[Ce+3].[OH-].[OH-].[OH-].[OH-].[Sr+2].[Sr+2].[Sr+2]. The van der Waals surface area contributed by atoms with Crippen LogP contribution in [0.15, 0.2) is 0 Å². The summed E-state index contributed by atoms with van der Waals surface area (Å²) in [4.78, 5) is 0. The molecule has 0 aliphatic heterocycles. The van der Waals surface area contributed by atoms with Crippen LogP contribution < -0.4 is 49.1 Å². The Kier molecular flexibility index (Phi) is 179. The molecule has 0 atom stereocenters. The summed E-state index contributed by atoms with van der Waals surface area (Å²) in [6.45, 7) is 0. The average Bonchev–Trinajstić information content (AvgIpc) is 2.16. The third kappa shape index (κ3) is 2090. The van der Waals surface area contributed by atoms with Crippen molar-refractivity contribution in [2.24, 2.45) is 0 Å². The van der Waals surface area contributed by atoms with Gasteiger partial charge in [-0.05, 0) is 0 Å². The van der Waals surface area contributed by atoms with Crippen LogP contribution >= 0.6 is 0 Å². The van der Waals surface area contributed by atoms with Crippen LogP contribution in [-0.2, 0) is 56.6 Å². The van der Waals surface area contributed by atoms with Crippen LogP contribution in [0.3, 0.4) is 0 Å². The second kappa shape index (κ2) is 69.0. The van der Waals surface area contributed by atoms with Crippen LogP contribution in [0.5, 0.6) is 0 Å². The second-order valence-electron chi connectivity index (χ2n) is 3.42. The Bertz CT molecular complexity index is 999. The van der Waals surface area contributed by atoms with E-state index >= 15 is 0 Å². The first-order chi connectivity index (χ1) is 16.0. The summed E-state index contributed by atoms with van der Waals surface area (Å²) in [6, 6.07) is 0. The second-order valence-corrected chi connectivity index (χ2v) is 14.2. The summed E-state index contributed by atoms with van der Waals surface area (Å²) >= 11 is -23.5. The fourth-order valence-corrected chi connectivity index (χ4v) is 0. The monoisotopic (exact) mass is 1770 g/mol. The average molecular weight is 1770 g/mol. The molecule has 0 aliphatic carbocycles. The smallest absolute Gasteiger partial charge is 0.870 e. The van der Waals surface area contributed by atoms with Crippen LogP contribution in [0.1, 0.15) is 0 Å². The minimum absolute atomic E-state index is 0. The van der Waals surface area contributed by atoms with E-state index in [-0.39, 0.29) is 336 Å². The van der Waals surface area contributed by atoms with E-state index in [1.54, 1.807) is 0 Å². The van der Waals surface area contributed by atoms with Gasteiger partial charge in [0.25, 0.3) is 0 Å². The Balaban J connectivity index is -0.0000000112. The molecule has 0 saturated heterocycles. The topological polar surface area (TPSA) is 786 Å². The van der Waals surface area contributed by atoms with Gasteiger partial charge in [0.2, 0.25) is 0 Å². The molecule has 0 amide bonds. The molecule has 0 spiro atoms. The molecule has 0 bridgehead atoms. The molecule has 0 rings (SSSR count). The van der Waals surface area contributed by atoms with Crippen LogP contribution in [0, 0.1) is 125 Å². The van der Waals surface area contributed by atoms with Gasteiger partial charge in [-0.15, -0.1) is 0 Å². The van der Waals surface area contributed by atoms with Crippen molar-refractivity contribution in [1.29, 1.82) is 0 Å². The molecule has 3 radical (unpaired) electrons. The van der Waals surface area contributed by atoms with Crippen molar-refractivity contribution < 1.29 is 281 Å². The van der Waals surface area contributed by atoms with E-state index in [4.69, 9.17) is 134 Å². The van der Waals surface area contributed by atoms with Crippen LogP contribution in [0.2, 0.25) is 0 Å². The van der Waals surface area contributed by atoms with Crippen LogP contribution in [0.4, 0.5) is 0 Å². The summed E-state index contributed by atoms with van der Waals surface area (Å²) in [5.41, 5.74) is 0. The number of hydrogen-bond donors (Lipinski definition) is 0. The molecule has 53 heteroatoms. The van der Waals surface area contributed by atoms with Gasteiger partial charge in [-0.2, -0.15) is 0 Å². The summed E-state index contributed by atoms with van der Waals surface area (Å²) in [7, 11) is -20.7. The van der Waals surface area contributed by atoms with E-state index < -0.39 is 99.7 Å². The predicted octanol–water partition coefficient (Wildman–Crippen LogP) is -24.6. The maximum atomic E-state index is 8.61. The molecule has 0 unspecified atom stereocenters. The zero-order chi connectivity index (χ0) is 36.0. The van der Waals surface area contributed by atoms with Crippen molar-refractivity contribution in [1.82, 2.24) is 0 Å². The Morgan fingerprint density at radius 1 is 0.264 bits per heavy atom. The Morgan fingerprint density at radius 2 is 0.264 bits per heavy atom. The molecule has 0 aliphatic rings. The van der Waals surface area contributed by atoms with E-state index in [0.717, 1.165) is 0 Å². The zero-order valence-corrected chi connectivity index (χ0v) is 57.7. The minimum Gasteiger partial charge on any atom is -0.870 e. The van der Waals surface area contributed by atoms with Gasteiger partial charge in [-0.25, -0.2) is 0 Å². The first-order valence-corrected chi connectivity index (χ1v) is 23.2. The molecule has 0 heterocycles. The Labute approximate surface area is 554 Å². The third-order valence-corrected chi connectivity index (χ3v) is 0. The number of rotatable bonds is 0. The summed E-state index contributed by atoms with van der Waals surface area (Å²) in [5, 5.41) is 0. The molecule has 0 saturated carbocycles. The van der Waals surface area contributed by atoms with E-state index in [1.807, 2.05) is 0 Å². The van der Waals surface area contributed by atoms with Gasteiger partial charge in [0.05, 0.1) is 0 Å². The zero-order valence-electron chi connectivity index (χ0n) is 23.6. The molecule has 4 N–H and O–H groups in total. The molecule has 0 aromatic rings. The quantitative estimate of drug-likeness (QED) is 0.123. The maximum absolute atomic E-state index is 8.61. The van der Waals surface area contributed by atoms with E-state index in [9.17, 15) is 0 Å². The van der Waals surface area contributed by atoms with Crippen molar-refractivity contribution >= 4 is 288 Å². The summed E-state index contributed by atoms with van der Waals surface area (Å²) in [5.74, 6) is 0. The van der Waals surface area contributed by atoms with Crippen molar-refractivity contribution in [3.63, 3.8) is 0 Å². The van der Waals surface area contributed by atoms with Gasteiger partial charge in [-0.1, -0.05) is 0 Å². The van der Waals surface area contributed by atoms with Gasteiger partial charge in [0.15, 0.2) is 0 Å². The van der Waals surface area contributed by atoms with Crippen molar-refractivity contribution in [2.75, 3.05) is 0 Å². The van der Waals surface area contributed by atoms with Gasteiger partial charge < -0.3 is 58.3 Å². The molecule has 0 fully saturated rings. The van der Waals surface area contributed by atoms with Crippen LogP contribution in [-0.4, -0.2) is 339 Å². The van der Waals surface area contributed by atoms with Gasteiger partial charge >= 0.3 is 436 Å². The number of hydrogen-bond acceptors (Lipinski definition) is 36. The summed E-state index contributed by atoms with van der Waals surface area (Å²) in [6.07, 6.45) is 0. The largest absolute Gasteiger partial charge is 3.00 e. The Morgan fingerprint density at radius 3 is 0.264 bits per heavy atom. The van der Waals surface area contributed by atoms with Gasteiger partial charge in [-0.3, -0.25) is 33.7 Å². The van der Waals surface area contributed by atoms with Crippen molar-refractivity contribution in [2.45, 2.75) is 0 Å².